The minimum absolute atomic E-state index is 0.0578. The molecule has 0 spiro atoms. The van der Waals surface area contributed by atoms with Crippen molar-refractivity contribution in [2.75, 3.05) is 7.11 Å². The highest BCUT2D eigenvalue weighted by Crippen LogP contribution is 2.21. The molecule has 4 nitrogen and oxygen atoms in total. The van der Waals surface area contributed by atoms with Crippen molar-refractivity contribution in [2.45, 2.75) is 6.10 Å². The van der Waals surface area contributed by atoms with E-state index in [4.69, 9.17) is 5.26 Å². The summed E-state index contributed by atoms with van der Waals surface area (Å²) in [7, 11) is 1.21. The summed E-state index contributed by atoms with van der Waals surface area (Å²) in [5, 5.41) is 18.5. The monoisotopic (exact) mass is 217 g/mol. The zero-order valence-corrected chi connectivity index (χ0v) is 8.80. The number of aliphatic hydroxyl groups is 1. The molecule has 0 fully saturated rings. The van der Waals surface area contributed by atoms with Gasteiger partial charge in [-0.3, -0.25) is 0 Å². The predicted molar refractivity (Wildman–Crippen MR) is 57.3 cm³/mol. The van der Waals surface area contributed by atoms with Crippen LogP contribution in [-0.2, 0) is 9.53 Å². The summed E-state index contributed by atoms with van der Waals surface area (Å²) >= 11 is 0. The summed E-state index contributed by atoms with van der Waals surface area (Å²) in [5.74, 6) is -0.671. The Bertz CT molecular complexity index is 460. The molecule has 4 heteroatoms. The van der Waals surface area contributed by atoms with Gasteiger partial charge in [0, 0.05) is 0 Å². The van der Waals surface area contributed by atoms with Crippen molar-refractivity contribution in [3.8, 4) is 6.07 Å². The Morgan fingerprint density at radius 3 is 2.88 bits per heavy atom. The number of aliphatic hydroxyl groups excluding tert-OH is 1. The van der Waals surface area contributed by atoms with Crippen LogP contribution in [-0.4, -0.2) is 18.2 Å². The van der Waals surface area contributed by atoms with Gasteiger partial charge in [0.1, 0.15) is 6.10 Å². The lowest BCUT2D eigenvalue weighted by Gasteiger charge is -2.12. The van der Waals surface area contributed by atoms with Gasteiger partial charge in [-0.2, -0.15) is 5.26 Å². The van der Waals surface area contributed by atoms with Crippen molar-refractivity contribution in [1.29, 1.82) is 5.26 Å². The summed E-state index contributed by atoms with van der Waals surface area (Å²) in [6.45, 7) is 3.45. The molecule has 82 valence electrons. The Kier molecular flexibility index (Phi) is 3.81. The molecule has 0 aliphatic carbocycles. The van der Waals surface area contributed by atoms with Crippen molar-refractivity contribution >= 4 is 5.97 Å². The third kappa shape index (κ3) is 2.47. The average Bonchev–Trinajstić information content (AvgIpc) is 2.36. The van der Waals surface area contributed by atoms with Gasteiger partial charge < -0.3 is 9.84 Å². The van der Waals surface area contributed by atoms with Crippen LogP contribution in [0.2, 0.25) is 0 Å². The first-order chi connectivity index (χ1) is 7.60. The normalized spacial score (nSPS) is 11.3. The molecule has 1 rings (SSSR count). The fraction of sp³-hybridized carbons (Fsp3) is 0.167. The predicted octanol–water partition coefficient (Wildman–Crippen LogP) is 1.32. The maximum atomic E-state index is 11.1. The zero-order valence-electron chi connectivity index (χ0n) is 8.80. The van der Waals surface area contributed by atoms with Gasteiger partial charge >= 0.3 is 5.97 Å². The molecule has 1 aromatic carbocycles. The van der Waals surface area contributed by atoms with E-state index < -0.39 is 12.1 Å². The summed E-state index contributed by atoms with van der Waals surface area (Å²) in [5.41, 5.74) is 0.793. The zero-order chi connectivity index (χ0) is 12.1. The van der Waals surface area contributed by atoms with Crippen LogP contribution in [0.3, 0.4) is 0 Å². The van der Waals surface area contributed by atoms with Crippen molar-refractivity contribution in [2.24, 2.45) is 0 Å². The quantitative estimate of drug-likeness (QED) is 0.612. The molecule has 1 aromatic rings. The Hall–Kier alpha value is -2.12. The number of carbonyl (C=O) groups excluding carboxylic acids is 1. The summed E-state index contributed by atoms with van der Waals surface area (Å²) in [6.07, 6.45) is -1.15. The fourth-order valence-corrected chi connectivity index (χ4v) is 1.22. The SMILES string of the molecule is C=C(C(=O)OC)C(O)c1cccc(C#N)c1. The van der Waals surface area contributed by atoms with E-state index in [0.29, 0.717) is 11.1 Å². The smallest absolute Gasteiger partial charge is 0.336 e. The minimum atomic E-state index is -1.15. The van der Waals surface area contributed by atoms with Crippen LogP contribution in [0.5, 0.6) is 0 Å². The summed E-state index contributed by atoms with van der Waals surface area (Å²) in [6, 6.07) is 8.29. The van der Waals surface area contributed by atoms with Crippen LogP contribution in [0.4, 0.5) is 0 Å². The maximum absolute atomic E-state index is 11.1. The third-order valence-corrected chi connectivity index (χ3v) is 2.11. The van der Waals surface area contributed by atoms with E-state index in [1.807, 2.05) is 6.07 Å². The summed E-state index contributed by atoms with van der Waals surface area (Å²) < 4.78 is 4.45. The highest BCUT2D eigenvalue weighted by Gasteiger charge is 2.18. The van der Waals surface area contributed by atoms with E-state index in [0.717, 1.165) is 0 Å². The van der Waals surface area contributed by atoms with Crippen molar-refractivity contribution in [1.82, 2.24) is 0 Å². The van der Waals surface area contributed by atoms with Gasteiger partial charge in [0.15, 0.2) is 0 Å². The number of esters is 1. The van der Waals surface area contributed by atoms with Crippen LogP contribution in [0.15, 0.2) is 36.4 Å². The molecule has 0 aliphatic heterocycles. The molecule has 0 radical (unpaired) electrons. The number of benzene rings is 1. The van der Waals surface area contributed by atoms with Gasteiger partial charge in [-0.05, 0) is 17.7 Å². The largest absolute Gasteiger partial charge is 0.466 e. The first-order valence-electron chi connectivity index (χ1n) is 4.55. The van der Waals surface area contributed by atoms with Crippen LogP contribution in [0.1, 0.15) is 17.2 Å². The van der Waals surface area contributed by atoms with E-state index in [1.165, 1.54) is 13.2 Å². The summed E-state index contributed by atoms with van der Waals surface area (Å²) in [4.78, 5) is 11.1. The second-order valence-electron chi connectivity index (χ2n) is 3.16. The number of methoxy groups -OCH3 is 1. The van der Waals surface area contributed by atoms with Gasteiger partial charge in [0.2, 0.25) is 0 Å². The second kappa shape index (κ2) is 5.10. The molecule has 1 atom stereocenters. The van der Waals surface area contributed by atoms with Gasteiger partial charge in [-0.25, -0.2) is 4.79 Å². The molecule has 0 bridgehead atoms. The number of nitriles is 1. The number of rotatable bonds is 3. The molecule has 0 heterocycles. The number of ether oxygens (including phenoxy) is 1. The lowest BCUT2D eigenvalue weighted by Crippen LogP contribution is -2.12. The third-order valence-electron chi connectivity index (χ3n) is 2.11. The van der Waals surface area contributed by atoms with Gasteiger partial charge in [-0.15, -0.1) is 0 Å². The molecule has 16 heavy (non-hydrogen) atoms. The first-order valence-corrected chi connectivity index (χ1v) is 4.55. The number of carbonyl (C=O) groups is 1. The molecule has 0 saturated carbocycles. The van der Waals surface area contributed by atoms with Crippen molar-refractivity contribution in [3.05, 3.63) is 47.5 Å². The molecular weight excluding hydrogens is 206 g/mol. The van der Waals surface area contributed by atoms with E-state index in [-0.39, 0.29) is 5.57 Å². The van der Waals surface area contributed by atoms with Crippen LogP contribution < -0.4 is 0 Å². The Morgan fingerprint density at radius 2 is 2.31 bits per heavy atom. The number of nitrogens with zero attached hydrogens (tertiary/aromatic N) is 1. The van der Waals surface area contributed by atoms with E-state index >= 15 is 0 Å². The number of hydrogen-bond donors (Lipinski definition) is 1. The van der Waals surface area contributed by atoms with E-state index in [2.05, 4.69) is 11.3 Å². The average molecular weight is 217 g/mol. The van der Waals surface area contributed by atoms with Gasteiger partial charge in [0.25, 0.3) is 0 Å². The Morgan fingerprint density at radius 1 is 1.62 bits per heavy atom. The second-order valence-corrected chi connectivity index (χ2v) is 3.16. The molecule has 0 amide bonds. The van der Waals surface area contributed by atoms with Crippen LogP contribution >= 0.6 is 0 Å². The molecule has 0 aliphatic rings. The molecule has 1 N–H and O–H groups in total. The molecule has 1 unspecified atom stereocenters. The van der Waals surface area contributed by atoms with Crippen molar-refractivity contribution in [3.63, 3.8) is 0 Å². The van der Waals surface area contributed by atoms with Crippen LogP contribution in [0, 0.1) is 11.3 Å². The highest BCUT2D eigenvalue weighted by molar-refractivity contribution is 5.88. The minimum Gasteiger partial charge on any atom is -0.466 e. The van der Waals surface area contributed by atoms with Crippen molar-refractivity contribution < 1.29 is 14.6 Å². The Labute approximate surface area is 93.4 Å². The molecule has 0 saturated heterocycles. The maximum Gasteiger partial charge on any atom is 0.336 e. The highest BCUT2D eigenvalue weighted by atomic mass is 16.5. The Balaban J connectivity index is 2.97. The van der Waals surface area contributed by atoms with E-state index in [9.17, 15) is 9.90 Å². The lowest BCUT2D eigenvalue weighted by molar-refractivity contribution is -0.137. The standard InChI is InChI=1S/C12H11NO3/c1-8(12(15)16-2)11(14)10-5-3-4-9(6-10)7-13/h3-6,11,14H,1H2,2H3. The topological polar surface area (TPSA) is 70.3 Å². The molecular formula is C12H11NO3. The van der Waals surface area contributed by atoms with Gasteiger partial charge in [0.05, 0.1) is 24.3 Å². The fourth-order valence-electron chi connectivity index (χ4n) is 1.22. The number of hydrogen-bond acceptors (Lipinski definition) is 4. The molecule has 0 aromatic heterocycles. The van der Waals surface area contributed by atoms with Crippen LogP contribution in [0.25, 0.3) is 0 Å². The van der Waals surface area contributed by atoms with E-state index in [1.54, 1.807) is 18.2 Å². The first kappa shape index (κ1) is 12.0. The van der Waals surface area contributed by atoms with Gasteiger partial charge in [-0.1, -0.05) is 18.7 Å². The lowest BCUT2D eigenvalue weighted by atomic mass is 10.0.